The second kappa shape index (κ2) is 7.06. The Hall–Kier alpha value is -2.10. The molecule has 1 atom stereocenters. The van der Waals surface area contributed by atoms with Crippen molar-refractivity contribution in [1.29, 1.82) is 0 Å². The molecule has 1 aliphatic heterocycles. The van der Waals surface area contributed by atoms with Gasteiger partial charge < -0.3 is 0 Å². The van der Waals surface area contributed by atoms with Gasteiger partial charge in [-0.05, 0) is 35.6 Å². The summed E-state index contributed by atoms with van der Waals surface area (Å²) in [5, 5.41) is 1.07. The quantitative estimate of drug-likeness (QED) is 0.591. The molecule has 2 aromatic carbocycles. The Balaban J connectivity index is 1.94. The first kappa shape index (κ1) is 19.2. The van der Waals surface area contributed by atoms with Crippen molar-refractivity contribution in [2.45, 2.75) is 39.0 Å². The maximum absolute atomic E-state index is 13.3. The number of rotatable bonds is 2. The van der Waals surface area contributed by atoms with Gasteiger partial charge in [0, 0.05) is 35.1 Å². The average Bonchev–Trinajstić information content (AvgIpc) is 2.61. The number of halogens is 2. The summed E-state index contributed by atoms with van der Waals surface area (Å²) in [5.74, 6) is -0.304. The van der Waals surface area contributed by atoms with Crippen LogP contribution in [0, 0.1) is 5.41 Å². The van der Waals surface area contributed by atoms with Crippen molar-refractivity contribution >= 4 is 40.6 Å². The topological polar surface area (TPSA) is 37.4 Å². The lowest BCUT2D eigenvalue weighted by Crippen LogP contribution is -2.43. The predicted molar refractivity (Wildman–Crippen MR) is 113 cm³/mol. The molecule has 1 amide bonds. The number of ketones is 1. The first-order chi connectivity index (χ1) is 13.3. The number of allylic oxidation sites excluding steroid dienone is 2. The van der Waals surface area contributed by atoms with E-state index in [1.165, 1.54) is 0 Å². The van der Waals surface area contributed by atoms with Crippen LogP contribution in [0.3, 0.4) is 0 Å². The monoisotopic (exact) mass is 413 g/mol. The number of para-hydroxylation sites is 1. The highest BCUT2D eigenvalue weighted by atomic mass is 35.5. The molecule has 0 radical (unpaired) electrons. The van der Waals surface area contributed by atoms with Crippen LogP contribution in [0.1, 0.15) is 44.6 Å². The van der Waals surface area contributed by atoms with Crippen molar-refractivity contribution in [2.75, 3.05) is 4.90 Å². The molecule has 3 nitrogen and oxygen atoms in total. The van der Waals surface area contributed by atoms with Crippen LogP contribution in [0.15, 0.2) is 59.8 Å². The summed E-state index contributed by atoms with van der Waals surface area (Å²) in [7, 11) is 0. The van der Waals surface area contributed by atoms with E-state index in [0.29, 0.717) is 34.1 Å². The molecule has 0 aromatic heterocycles. The fraction of sp³-hybridized carbons (Fsp3) is 0.304. The molecule has 1 heterocycles. The van der Waals surface area contributed by atoms with Gasteiger partial charge in [-0.15, -0.1) is 0 Å². The number of Topliss-reactive ketones (excluding diaryl/α,β-unsaturated/α-hetero) is 1. The smallest absolute Gasteiger partial charge is 0.232 e. The minimum absolute atomic E-state index is 0.0673. The number of carbonyl (C=O) groups is 2. The second-order valence-corrected chi connectivity index (χ2v) is 9.07. The molecule has 5 heteroatoms. The number of hydrogen-bond acceptors (Lipinski definition) is 2. The lowest BCUT2D eigenvalue weighted by molar-refractivity contribution is -0.121. The number of hydrogen-bond donors (Lipinski definition) is 0. The van der Waals surface area contributed by atoms with Crippen molar-refractivity contribution in [2.24, 2.45) is 5.41 Å². The molecular weight excluding hydrogens is 393 g/mol. The minimum atomic E-state index is -0.321. The highest BCUT2D eigenvalue weighted by molar-refractivity contribution is 6.34. The van der Waals surface area contributed by atoms with Crippen LogP contribution in [0.5, 0.6) is 0 Å². The lowest BCUT2D eigenvalue weighted by Gasteiger charge is -2.43. The van der Waals surface area contributed by atoms with Gasteiger partial charge in [-0.2, -0.15) is 0 Å². The van der Waals surface area contributed by atoms with Crippen LogP contribution >= 0.6 is 23.2 Å². The molecule has 2 aliphatic rings. The third-order valence-corrected chi connectivity index (χ3v) is 6.18. The van der Waals surface area contributed by atoms with Crippen molar-refractivity contribution in [3.8, 4) is 0 Å². The van der Waals surface area contributed by atoms with Crippen LogP contribution in [0.25, 0.3) is 0 Å². The summed E-state index contributed by atoms with van der Waals surface area (Å²) < 4.78 is 0. The zero-order chi connectivity index (χ0) is 20.1. The van der Waals surface area contributed by atoms with Crippen LogP contribution < -0.4 is 4.90 Å². The fourth-order valence-corrected chi connectivity index (χ4v) is 4.84. The maximum atomic E-state index is 13.3. The molecule has 0 bridgehead atoms. The van der Waals surface area contributed by atoms with E-state index in [9.17, 15) is 9.59 Å². The molecule has 0 spiro atoms. The van der Waals surface area contributed by atoms with Crippen molar-refractivity contribution in [1.82, 2.24) is 0 Å². The minimum Gasteiger partial charge on any atom is -0.294 e. The van der Waals surface area contributed by atoms with Crippen molar-refractivity contribution < 1.29 is 9.59 Å². The number of amides is 1. The number of nitrogens with zero attached hydrogens (tertiary/aromatic N) is 1. The molecule has 2 aromatic rings. The highest BCUT2D eigenvalue weighted by Gasteiger charge is 2.45. The van der Waals surface area contributed by atoms with E-state index < -0.39 is 0 Å². The summed E-state index contributed by atoms with van der Waals surface area (Å²) in [5.41, 5.74) is 2.70. The largest absolute Gasteiger partial charge is 0.294 e. The number of carbonyl (C=O) groups excluding carboxylic acids is 2. The zero-order valence-electron chi connectivity index (χ0n) is 15.8. The standard InChI is InChI=1S/C23H21Cl2NO2/c1-23(2)12-19-22(20(27)13-23)15(14-7-3-4-8-16(14)24)11-21(28)26(19)18-10-6-5-9-17(18)25/h3-10,15H,11-13H2,1-2H3. The molecular formula is C23H21Cl2NO2. The second-order valence-electron chi connectivity index (χ2n) is 8.26. The lowest BCUT2D eigenvalue weighted by atomic mass is 9.69. The van der Waals surface area contributed by atoms with E-state index in [0.717, 1.165) is 11.3 Å². The number of anilines is 1. The normalized spacial score (nSPS) is 21.7. The fourth-order valence-electron chi connectivity index (χ4n) is 4.35. The molecule has 0 fully saturated rings. The Kier molecular flexibility index (Phi) is 4.84. The summed E-state index contributed by atoms with van der Waals surface area (Å²) in [4.78, 5) is 28.2. The van der Waals surface area contributed by atoms with E-state index in [1.807, 2.05) is 36.4 Å². The van der Waals surface area contributed by atoms with E-state index in [1.54, 1.807) is 17.0 Å². The van der Waals surface area contributed by atoms with Crippen LogP contribution in [0.4, 0.5) is 5.69 Å². The maximum Gasteiger partial charge on any atom is 0.232 e. The Labute approximate surface area is 174 Å². The molecule has 1 unspecified atom stereocenters. The first-order valence-electron chi connectivity index (χ1n) is 9.37. The van der Waals surface area contributed by atoms with E-state index in [4.69, 9.17) is 23.2 Å². The summed E-state index contributed by atoms with van der Waals surface area (Å²) in [6, 6.07) is 14.7. The van der Waals surface area contributed by atoms with Gasteiger partial charge in [0.25, 0.3) is 0 Å². The molecule has 4 rings (SSSR count). The van der Waals surface area contributed by atoms with Gasteiger partial charge in [0.1, 0.15) is 0 Å². The molecule has 144 valence electrons. The van der Waals surface area contributed by atoms with Gasteiger partial charge in [-0.25, -0.2) is 0 Å². The van der Waals surface area contributed by atoms with Crippen LogP contribution in [-0.4, -0.2) is 11.7 Å². The third kappa shape index (κ3) is 3.27. The molecule has 28 heavy (non-hydrogen) atoms. The predicted octanol–water partition coefficient (Wildman–Crippen LogP) is 6.16. The third-order valence-electron chi connectivity index (χ3n) is 5.52. The summed E-state index contributed by atoms with van der Waals surface area (Å²) in [6.07, 6.45) is 1.28. The zero-order valence-corrected chi connectivity index (χ0v) is 17.3. The SMILES string of the molecule is CC1(C)CC(=O)C2=C(C1)N(c1ccccc1Cl)C(=O)CC2c1ccccc1Cl. The molecule has 1 aliphatic carbocycles. The average molecular weight is 414 g/mol. The van der Waals surface area contributed by atoms with Gasteiger partial charge in [0.2, 0.25) is 5.91 Å². The van der Waals surface area contributed by atoms with E-state index >= 15 is 0 Å². The number of benzene rings is 2. The van der Waals surface area contributed by atoms with Crippen molar-refractivity contribution in [3.05, 3.63) is 75.4 Å². The van der Waals surface area contributed by atoms with Crippen LogP contribution in [-0.2, 0) is 9.59 Å². The van der Waals surface area contributed by atoms with Gasteiger partial charge in [0.15, 0.2) is 5.78 Å². The van der Waals surface area contributed by atoms with E-state index in [2.05, 4.69) is 13.8 Å². The Morgan fingerprint density at radius 1 is 0.929 bits per heavy atom. The first-order valence-corrected chi connectivity index (χ1v) is 10.1. The molecule has 0 saturated carbocycles. The van der Waals surface area contributed by atoms with Gasteiger partial charge in [-0.3, -0.25) is 14.5 Å². The Morgan fingerprint density at radius 3 is 2.25 bits per heavy atom. The Bertz CT molecular complexity index is 1010. The van der Waals surface area contributed by atoms with E-state index in [-0.39, 0.29) is 29.4 Å². The van der Waals surface area contributed by atoms with Gasteiger partial charge in [-0.1, -0.05) is 67.4 Å². The molecule has 0 N–H and O–H groups in total. The highest BCUT2D eigenvalue weighted by Crippen LogP contribution is 2.49. The summed E-state index contributed by atoms with van der Waals surface area (Å²) in [6.45, 7) is 4.12. The van der Waals surface area contributed by atoms with Gasteiger partial charge in [0.05, 0.1) is 10.7 Å². The Morgan fingerprint density at radius 2 is 1.57 bits per heavy atom. The van der Waals surface area contributed by atoms with Crippen LogP contribution in [0.2, 0.25) is 10.0 Å². The van der Waals surface area contributed by atoms with Gasteiger partial charge >= 0.3 is 0 Å². The van der Waals surface area contributed by atoms with Crippen molar-refractivity contribution in [3.63, 3.8) is 0 Å². The summed E-state index contributed by atoms with van der Waals surface area (Å²) >= 11 is 12.9. The molecule has 0 saturated heterocycles.